The third kappa shape index (κ3) is 2.40. The Bertz CT molecular complexity index is 447. The van der Waals surface area contributed by atoms with E-state index in [-0.39, 0.29) is 6.04 Å². The molecule has 0 aromatic carbocycles. The topological polar surface area (TPSA) is 43.8 Å². The van der Waals surface area contributed by atoms with Crippen LogP contribution in [-0.2, 0) is 6.54 Å². The summed E-state index contributed by atoms with van der Waals surface area (Å²) >= 11 is 7.45. The standard InChI is InChI=1S/C10H12ClN3S/c1-7(12)9-4-13-6-14(9)5-8-2-3-10(11)15-8/h2-4,6-7H,5,12H2,1H3/t7-/m1/s1. The first-order valence-electron chi connectivity index (χ1n) is 4.66. The third-order valence-electron chi connectivity index (χ3n) is 2.17. The van der Waals surface area contributed by atoms with Crippen LogP contribution >= 0.6 is 22.9 Å². The Kier molecular flexibility index (Phi) is 3.09. The summed E-state index contributed by atoms with van der Waals surface area (Å²) < 4.78 is 2.86. The van der Waals surface area contributed by atoms with Crippen molar-refractivity contribution in [2.75, 3.05) is 0 Å². The lowest BCUT2D eigenvalue weighted by Gasteiger charge is -2.09. The molecule has 0 aliphatic rings. The maximum Gasteiger partial charge on any atom is 0.0952 e. The number of hydrogen-bond acceptors (Lipinski definition) is 3. The van der Waals surface area contributed by atoms with Gasteiger partial charge in [0.15, 0.2) is 0 Å². The minimum absolute atomic E-state index is 0.00272. The number of nitrogens with zero attached hydrogens (tertiary/aromatic N) is 2. The van der Waals surface area contributed by atoms with Crippen LogP contribution in [0.4, 0.5) is 0 Å². The number of thiophene rings is 1. The van der Waals surface area contributed by atoms with E-state index in [1.165, 1.54) is 4.88 Å². The van der Waals surface area contributed by atoms with E-state index >= 15 is 0 Å². The van der Waals surface area contributed by atoms with Crippen LogP contribution in [0, 0.1) is 0 Å². The highest BCUT2D eigenvalue weighted by Crippen LogP contribution is 2.23. The van der Waals surface area contributed by atoms with Crippen LogP contribution < -0.4 is 5.73 Å². The molecular formula is C10H12ClN3S. The van der Waals surface area contributed by atoms with Crippen molar-refractivity contribution in [2.45, 2.75) is 19.5 Å². The van der Waals surface area contributed by atoms with E-state index in [2.05, 4.69) is 4.98 Å². The van der Waals surface area contributed by atoms with Gasteiger partial charge < -0.3 is 10.3 Å². The first-order chi connectivity index (χ1) is 7.16. The Morgan fingerprint density at radius 3 is 3.00 bits per heavy atom. The van der Waals surface area contributed by atoms with Gasteiger partial charge in [0.1, 0.15) is 0 Å². The Morgan fingerprint density at radius 1 is 1.60 bits per heavy atom. The first kappa shape index (κ1) is 10.7. The van der Waals surface area contributed by atoms with Crippen LogP contribution in [0.15, 0.2) is 24.7 Å². The van der Waals surface area contributed by atoms with E-state index in [1.807, 2.05) is 23.6 Å². The normalized spacial score (nSPS) is 13.0. The van der Waals surface area contributed by atoms with Gasteiger partial charge >= 0.3 is 0 Å². The molecule has 0 aliphatic heterocycles. The summed E-state index contributed by atoms with van der Waals surface area (Å²) in [5, 5.41) is 0. The molecule has 2 aromatic heterocycles. The lowest BCUT2D eigenvalue weighted by molar-refractivity contribution is 0.679. The van der Waals surface area contributed by atoms with Gasteiger partial charge in [0.25, 0.3) is 0 Å². The summed E-state index contributed by atoms with van der Waals surface area (Å²) in [6.07, 6.45) is 3.60. The Labute approximate surface area is 97.5 Å². The van der Waals surface area contributed by atoms with Crippen molar-refractivity contribution in [1.82, 2.24) is 9.55 Å². The van der Waals surface area contributed by atoms with Crippen molar-refractivity contribution in [3.8, 4) is 0 Å². The molecule has 0 aliphatic carbocycles. The molecule has 0 saturated heterocycles. The first-order valence-corrected chi connectivity index (χ1v) is 5.86. The predicted molar refractivity (Wildman–Crippen MR) is 63.3 cm³/mol. The summed E-state index contributed by atoms with van der Waals surface area (Å²) in [6.45, 7) is 2.74. The number of nitrogens with two attached hydrogens (primary N) is 1. The minimum atomic E-state index is 0.00272. The van der Waals surface area contributed by atoms with Gasteiger partial charge in [0.05, 0.1) is 22.9 Å². The van der Waals surface area contributed by atoms with Gasteiger partial charge in [-0.2, -0.15) is 0 Å². The average Bonchev–Trinajstić information content (AvgIpc) is 2.75. The van der Waals surface area contributed by atoms with Crippen molar-refractivity contribution in [2.24, 2.45) is 5.73 Å². The molecule has 15 heavy (non-hydrogen) atoms. The highest BCUT2D eigenvalue weighted by atomic mass is 35.5. The van der Waals surface area contributed by atoms with Crippen LogP contribution in [0.1, 0.15) is 23.5 Å². The smallest absolute Gasteiger partial charge is 0.0952 e. The van der Waals surface area contributed by atoms with Crippen LogP contribution in [-0.4, -0.2) is 9.55 Å². The molecule has 3 nitrogen and oxygen atoms in total. The fourth-order valence-corrected chi connectivity index (χ4v) is 2.53. The van der Waals surface area contributed by atoms with Gasteiger partial charge in [-0.15, -0.1) is 11.3 Å². The molecule has 0 unspecified atom stereocenters. The second kappa shape index (κ2) is 4.35. The van der Waals surface area contributed by atoms with Crippen molar-refractivity contribution in [3.05, 3.63) is 39.6 Å². The van der Waals surface area contributed by atoms with Crippen LogP contribution in [0.3, 0.4) is 0 Å². The third-order valence-corrected chi connectivity index (χ3v) is 3.38. The van der Waals surface area contributed by atoms with E-state index in [0.717, 1.165) is 16.6 Å². The number of hydrogen-bond donors (Lipinski definition) is 1. The van der Waals surface area contributed by atoms with Crippen molar-refractivity contribution in [1.29, 1.82) is 0 Å². The molecule has 0 bridgehead atoms. The van der Waals surface area contributed by atoms with Gasteiger partial charge in [-0.1, -0.05) is 11.6 Å². The molecule has 0 spiro atoms. The second-order valence-corrected chi connectivity index (χ2v) is 5.24. The summed E-state index contributed by atoms with van der Waals surface area (Å²) in [4.78, 5) is 5.31. The molecule has 5 heteroatoms. The molecule has 2 rings (SSSR count). The molecule has 0 radical (unpaired) electrons. The van der Waals surface area contributed by atoms with Crippen molar-refractivity contribution in [3.63, 3.8) is 0 Å². The minimum Gasteiger partial charge on any atom is -0.328 e. The van der Waals surface area contributed by atoms with E-state index in [1.54, 1.807) is 23.9 Å². The lowest BCUT2D eigenvalue weighted by atomic mass is 10.2. The summed E-state index contributed by atoms with van der Waals surface area (Å²) in [6, 6.07) is 3.94. The zero-order chi connectivity index (χ0) is 10.8. The van der Waals surface area contributed by atoms with Gasteiger partial charge in [-0.05, 0) is 19.1 Å². The molecule has 0 amide bonds. The monoisotopic (exact) mass is 241 g/mol. The maximum atomic E-state index is 5.87. The number of halogens is 1. The molecule has 2 heterocycles. The SMILES string of the molecule is C[C@@H](N)c1cncn1Cc1ccc(Cl)s1. The number of rotatable bonds is 3. The average molecular weight is 242 g/mol. The lowest BCUT2D eigenvalue weighted by Crippen LogP contribution is -2.11. The largest absolute Gasteiger partial charge is 0.328 e. The second-order valence-electron chi connectivity index (χ2n) is 3.44. The molecule has 2 N–H and O–H groups in total. The molecule has 1 atom stereocenters. The molecule has 80 valence electrons. The summed E-state index contributed by atoms with van der Waals surface area (Å²) in [7, 11) is 0. The highest BCUT2D eigenvalue weighted by molar-refractivity contribution is 7.16. The molecule has 0 saturated carbocycles. The van der Waals surface area contributed by atoms with Crippen LogP contribution in [0.5, 0.6) is 0 Å². The van der Waals surface area contributed by atoms with Crippen molar-refractivity contribution < 1.29 is 0 Å². The Hall–Kier alpha value is -0.840. The highest BCUT2D eigenvalue weighted by Gasteiger charge is 2.07. The fraction of sp³-hybridized carbons (Fsp3) is 0.300. The van der Waals surface area contributed by atoms with E-state index in [4.69, 9.17) is 17.3 Å². The van der Waals surface area contributed by atoms with E-state index < -0.39 is 0 Å². The summed E-state index contributed by atoms with van der Waals surface area (Å²) in [5.74, 6) is 0. The molecule has 2 aromatic rings. The molecule has 0 fully saturated rings. The zero-order valence-corrected chi connectivity index (χ0v) is 9.92. The van der Waals surface area contributed by atoms with Gasteiger partial charge in [0.2, 0.25) is 0 Å². The van der Waals surface area contributed by atoms with Gasteiger partial charge in [0, 0.05) is 17.1 Å². The number of aromatic nitrogens is 2. The summed E-state index contributed by atoms with van der Waals surface area (Å²) in [5.41, 5.74) is 6.88. The Morgan fingerprint density at radius 2 is 2.40 bits per heavy atom. The van der Waals surface area contributed by atoms with Gasteiger partial charge in [-0.25, -0.2) is 4.98 Å². The van der Waals surface area contributed by atoms with E-state index in [9.17, 15) is 0 Å². The Balaban J connectivity index is 2.20. The predicted octanol–water partition coefficient (Wildman–Crippen LogP) is 2.67. The quantitative estimate of drug-likeness (QED) is 0.898. The van der Waals surface area contributed by atoms with E-state index in [0.29, 0.717) is 0 Å². The van der Waals surface area contributed by atoms with Crippen LogP contribution in [0.25, 0.3) is 0 Å². The maximum absolute atomic E-state index is 5.87. The number of imidazole rings is 1. The zero-order valence-electron chi connectivity index (χ0n) is 8.35. The van der Waals surface area contributed by atoms with Crippen molar-refractivity contribution >= 4 is 22.9 Å². The van der Waals surface area contributed by atoms with Crippen LogP contribution in [0.2, 0.25) is 4.34 Å². The fourth-order valence-electron chi connectivity index (χ4n) is 1.45. The van der Waals surface area contributed by atoms with Gasteiger partial charge in [-0.3, -0.25) is 0 Å². The molecular weight excluding hydrogens is 230 g/mol.